The molecule has 10 nitrogen and oxygen atoms in total. The molecular formula is C26H24FN5O5S. The van der Waals surface area contributed by atoms with E-state index in [1.54, 1.807) is 22.9 Å². The fourth-order valence-electron chi connectivity index (χ4n) is 5.33. The first-order valence-electron chi connectivity index (χ1n) is 12.4. The van der Waals surface area contributed by atoms with Crippen molar-refractivity contribution in [1.82, 2.24) is 25.5 Å². The molecule has 6 rings (SSSR count). The number of pyridine rings is 1. The van der Waals surface area contributed by atoms with Gasteiger partial charge in [0, 0.05) is 37.2 Å². The van der Waals surface area contributed by atoms with Gasteiger partial charge in [-0.3, -0.25) is 24.7 Å². The molecule has 0 bridgehead atoms. The van der Waals surface area contributed by atoms with Crippen molar-refractivity contribution in [2.75, 3.05) is 0 Å². The molecule has 12 heteroatoms. The fourth-order valence-corrected chi connectivity index (χ4v) is 6.10. The Balaban J connectivity index is 1.04. The van der Waals surface area contributed by atoms with Crippen LogP contribution >= 0.6 is 11.3 Å². The van der Waals surface area contributed by atoms with Gasteiger partial charge in [0.05, 0.1) is 21.5 Å². The van der Waals surface area contributed by atoms with E-state index in [2.05, 4.69) is 20.6 Å². The molecule has 0 spiro atoms. The number of carbonyl (C=O) groups is 4. The lowest BCUT2D eigenvalue weighted by Crippen LogP contribution is -2.52. The number of alkyl carbamates (subject to hydrolysis) is 1. The number of hydrogen-bond donors (Lipinski definition) is 2. The van der Waals surface area contributed by atoms with E-state index in [0.717, 1.165) is 21.5 Å². The van der Waals surface area contributed by atoms with Crippen LogP contribution in [0.4, 0.5) is 9.18 Å². The van der Waals surface area contributed by atoms with Crippen LogP contribution in [0.2, 0.25) is 0 Å². The van der Waals surface area contributed by atoms with Crippen LogP contribution in [0.25, 0.3) is 10.2 Å². The smallest absolute Gasteiger partial charge is 0.407 e. The number of carbonyl (C=O) groups excluding carboxylic acids is 4. The van der Waals surface area contributed by atoms with Crippen molar-refractivity contribution in [3.63, 3.8) is 0 Å². The zero-order chi connectivity index (χ0) is 26.6. The Hall–Kier alpha value is -3.93. The van der Waals surface area contributed by atoms with Gasteiger partial charge in [-0.15, -0.1) is 11.3 Å². The predicted molar refractivity (Wildman–Crippen MR) is 134 cm³/mol. The highest BCUT2D eigenvalue weighted by atomic mass is 32.1. The molecule has 3 aromatic rings. The number of aromatic nitrogens is 2. The van der Waals surface area contributed by atoms with Crippen LogP contribution in [0, 0.1) is 12.7 Å². The number of thiazole rings is 1. The van der Waals surface area contributed by atoms with Crippen LogP contribution in [0.1, 0.15) is 64.3 Å². The molecule has 2 N–H and O–H groups in total. The molecule has 1 atom stereocenters. The lowest BCUT2D eigenvalue weighted by molar-refractivity contribution is -0.136. The molecule has 1 unspecified atom stereocenters. The van der Waals surface area contributed by atoms with E-state index < -0.39 is 29.8 Å². The molecule has 4 amide bonds. The second kappa shape index (κ2) is 9.43. The van der Waals surface area contributed by atoms with Crippen LogP contribution in [0.15, 0.2) is 23.8 Å². The Bertz CT molecular complexity index is 1500. The minimum absolute atomic E-state index is 0.0823. The largest absolute Gasteiger partial charge is 0.446 e. The predicted octanol–water partition coefficient (Wildman–Crippen LogP) is 3.07. The highest BCUT2D eigenvalue weighted by molar-refractivity contribution is 7.17. The molecule has 1 saturated heterocycles. The number of nitrogens with zero attached hydrogens (tertiary/aromatic N) is 3. The summed E-state index contributed by atoms with van der Waals surface area (Å²) in [5.41, 5.74) is 5.21. The van der Waals surface area contributed by atoms with Crippen molar-refractivity contribution in [3.8, 4) is 0 Å². The number of ether oxygens (including phenoxy) is 1. The first kappa shape index (κ1) is 24.4. The molecule has 3 aliphatic rings. The molecule has 1 saturated carbocycles. The molecule has 196 valence electrons. The Morgan fingerprint density at radius 2 is 2.08 bits per heavy atom. The quantitative estimate of drug-likeness (QED) is 0.479. The summed E-state index contributed by atoms with van der Waals surface area (Å²) in [4.78, 5) is 59.3. The summed E-state index contributed by atoms with van der Waals surface area (Å²) < 4.78 is 21.9. The summed E-state index contributed by atoms with van der Waals surface area (Å²) >= 11 is 1.58. The van der Waals surface area contributed by atoms with Crippen LogP contribution in [0.3, 0.4) is 0 Å². The number of piperidine rings is 1. The number of aryl methyl sites for hydroxylation is 1. The molecule has 4 heterocycles. The highest BCUT2D eigenvalue weighted by Gasteiger charge is 2.41. The van der Waals surface area contributed by atoms with Gasteiger partial charge in [0.2, 0.25) is 11.8 Å². The minimum atomic E-state index is -0.823. The number of halogens is 1. The molecular weight excluding hydrogens is 513 g/mol. The van der Waals surface area contributed by atoms with E-state index in [1.165, 1.54) is 11.0 Å². The third-order valence-electron chi connectivity index (χ3n) is 7.45. The normalized spacial score (nSPS) is 22.7. The second-order valence-corrected chi connectivity index (χ2v) is 10.7. The van der Waals surface area contributed by atoms with E-state index in [9.17, 15) is 19.2 Å². The number of fused-ring (bicyclic) bond motifs is 2. The van der Waals surface area contributed by atoms with Gasteiger partial charge in [-0.1, -0.05) is 12.1 Å². The Morgan fingerprint density at radius 1 is 1.26 bits per heavy atom. The van der Waals surface area contributed by atoms with E-state index in [4.69, 9.17) is 4.74 Å². The van der Waals surface area contributed by atoms with Crippen molar-refractivity contribution in [1.29, 1.82) is 0 Å². The number of hydrogen-bond acceptors (Lipinski definition) is 8. The van der Waals surface area contributed by atoms with E-state index in [1.807, 2.05) is 13.1 Å². The average molecular weight is 538 g/mol. The lowest BCUT2D eigenvalue weighted by atomic mass is 9.79. The third kappa shape index (κ3) is 4.18. The summed E-state index contributed by atoms with van der Waals surface area (Å²) in [5.74, 6) is -2.12. The van der Waals surface area contributed by atoms with Crippen LogP contribution in [0.5, 0.6) is 0 Å². The van der Waals surface area contributed by atoms with Gasteiger partial charge in [-0.25, -0.2) is 14.2 Å². The van der Waals surface area contributed by atoms with Crippen molar-refractivity contribution < 1.29 is 28.3 Å². The Morgan fingerprint density at radius 3 is 2.87 bits per heavy atom. The van der Waals surface area contributed by atoms with Crippen molar-refractivity contribution >= 4 is 45.4 Å². The fraction of sp³-hybridized carbons (Fsp3) is 0.385. The summed E-state index contributed by atoms with van der Waals surface area (Å²) in [6, 6.07) is 2.31. The topological polar surface area (TPSA) is 131 Å². The molecule has 0 radical (unpaired) electrons. The molecule has 2 aromatic heterocycles. The van der Waals surface area contributed by atoms with Crippen LogP contribution in [-0.4, -0.2) is 50.8 Å². The highest BCUT2D eigenvalue weighted by Crippen LogP contribution is 2.41. The third-order valence-corrected chi connectivity index (χ3v) is 8.42. The van der Waals surface area contributed by atoms with E-state index >= 15 is 4.39 Å². The van der Waals surface area contributed by atoms with Gasteiger partial charge in [0.15, 0.2) is 0 Å². The van der Waals surface area contributed by atoms with Gasteiger partial charge in [-0.05, 0) is 37.3 Å². The lowest BCUT2D eigenvalue weighted by Gasteiger charge is -2.34. The average Bonchev–Trinajstić information content (AvgIpc) is 3.48. The number of rotatable bonds is 5. The number of imide groups is 1. The summed E-state index contributed by atoms with van der Waals surface area (Å²) in [5, 5.41) is 4.79. The number of amides is 4. The van der Waals surface area contributed by atoms with Gasteiger partial charge in [0.1, 0.15) is 23.5 Å². The monoisotopic (exact) mass is 537 g/mol. The van der Waals surface area contributed by atoms with Crippen LogP contribution in [-0.2, 0) is 27.4 Å². The maximum Gasteiger partial charge on any atom is 0.407 e. The zero-order valence-electron chi connectivity index (χ0n) is 20.5. The molecule has 1 aromatic carbocycles. The molecule has 2 aliphatic heterocycles. The first-order valence-corrected chi connectivity index (χ1v) is 13.3. The van der Waals surface area contributed by atoms with Gasteiger partial charge < -0.3 is 15.0 Å². The second-order valence-electron chi connectivity index (χ2n) is 9.88. The van der Waals surface area contributed by atoms with E-state index in [0.29, 0.717) is 18.4 Å². The van der Waals surface area contributed by atoms with E-state index in [-0.39, 0.29) is 55.0 Å². The van der Waals surface area contributed by atoms with Crippen molar-refractivity contribution in [2.45, 2.75) is 63.8 Å². The van der Waals surface area contributed by atoms with Gasteiger partial charge in [0.25, 0.3) is 5.91 Å². The molecule has 1 aliphatic carbocycles. The van der Waals surface area contributed by atoms with Crippen LogP contribution < -0.4 is 10.6 Å². The Kier molecular flexibility index (Phi) is 6.05. The number of benzene rings is 1. The first-order chi connectivity index (χ1) is 18.3. The summed E-state index contributed by atoms with van der Waals surface area (Å²) in [7, 11) is 0. The maximum absolute atomic E-state index is 15.3. The molecule has 2 fully saturated rings. The van der Waals surface area contributed by atoms with Gasteiger partial charge in [-0.2, -0.15) is 0 Å². The zero-order valence-corrected chi connectivity index (χ0v) is 21.3. The standard InChI is InChI=1S/C26H24FN5O5S/c1-12-8-28-21(22-23(12)38-11-30-22)15-6-16(7-15)37-26(36)29-9-13-2-3-14-10-32(25(35)19(14)20(13)27)17-4-5-18(33)31-24(17)34/h2-3,8,11,15-17H,4-7,9-10H2,1H3,(H,29,36)(H,31,33,34). The van der Waals surface area contributed by atoms with Crippen molar-refractivity contribution in [2.24, 2.45) is 0 Å². The minimum Gasteiger partial charge on any atom is -0.446 e. The maximum atomic E-state index is 15.3. The summed E-state index contributed by atoms with van der Waals surface area (Å²) in [6.45, 7) is 1.93. The molecule has 38 heavy (non-hydrogen) atoms. The Labute approximate surface area is 220 Å². The van der Waals surface area contributed by atoms with Gasteiger partial charge >= 0.3 is 6.09 Å². The van der Waals surface area contributed by atoms with Crippen molar-refractivity contribution in [3.05, 3.63) is 57.6 Å². The number of nitrogens with one attached hydrogen (secondary N) is 2. The summed E-state index contributed by atoms with van der Waals surface area (Å²) in [6.07, 6.45) is 2.49. The SMILES string of the molecule is Cc1cnc(C2CC(OC(=O)NCc3ccc4c(c3F)C(=O)N(C3CCC(=O)NC3=O)C4)C2)c2ncsc12.